The molecule has 0 aromatic carbocycles. The summed E-state index contributed by atoms with van der Waals surface area (Å²) in [4.78, 5) is 10.4. The van der Waals surface area contributed by atoms with Crippen LogP contribution in [0, 0.1) is 6.92 Å². The molecule has 3 rings (SSSR count). The summed E-state index contributed by atoms with van der Waals surface area (Å²) in [6.07, 6.45) is 1.56. The van der Waals surface area contributed by atoms with Crippen LogP contribution in [0.4, 0.5) is 11.6 Å². The van der Waals surface area contributed by atoms with Gasteiger partial charge in [0.2, 0.25) is 0 Å². The first-order valence-corrected chi connectivity index (χ1v) is 5.99. The van der Waals surface area contributed by atoms with E-state index in [1.807, 2.05) is 36.4 Å². The Balaban J connectivity index is 2.12. The van der Waals surface area contributed by atoms with Gasteiger partial charge in [0, 0.05) is 13.1 Å². The highest BCUT2D eigenvalue weighted by atomic mass is 32.1. The molecule has 0 atom stereocenters. The lowest BCUT2D eigenvalue weighted by molar-refractivity contribution is 0.398. The van der Waals surface area contributed by atoms with Gasteiger partial charge in [-0.15, -0.1) is 11.3 Å². The number of hydrogen-bond donors (Lipinski definition) is 0. The Kier molecular flexibility index (Phi) is 2.29. The van der Waals surface area contributed by atoms with Crippen LogP contribution in [0.2, 0.25) is 0 Å². The SMILES string of the molecule is Cc1cc(N(C)c2ncnc3ccsc23)no1. The minimum atomic E-state index is 0.746. The predicted molar refractivity (Wildman–Crippen MR) is 66.7 cm³/mol. The fourth-order valence-electron chi connectivity index (χ4n) is 1.63. The van der Waals surface area contributed by atoms with E-state index in [0.717, 1.165) is 27.6 Å². The number of anilines is 2. The average Bonchev–Trinajstić information content (AvgIpc) is 2.95. The van der Waals surface area contributed by atoms with E-state index in [2.05, 4.69) is 15.1 Å². The maximum atomic E-state index is 5.07. The molecule has 0 fully saturated rings. The van der Waals surface area contributed by atoms with Gasteiger partial charge >= 0.3 is 0 Å². The normalized spacial score (nSPS) is 10.9. The van der Waals surface area contributed by atoms with Crippen LogP contribution >= 0.6 is 11.3 Å². The lowest BCUT2D eigenvalue weighted by atomic mass is 10.4. The molecule has 86 valence electrons. The van der Waals surface area contributed by atoms with E-state index >= 15 is 0 Å². The highest BCUT2D eigenvalue weighted by molar-refractivity contribution is 7.17. The van der Waals surface area contributed by atoms with E-state index in [0.29, 0.717) is 0 Å². The molecule has 0 unspecified atom stereocenters. The molecule has 0 aliphatic heterocycles. The molecular formula is C11H10N4OS. The minimum absolute atomic E-state index is 0.746. The predicted octanol–water partition coefficient (Wildman–Crippen LogP) is 2.76. The number of aromatic nitrogens is 3. The second-order valence-corrected chi connectivity index (χ2v) is 4.60. The van der Waals surface area contributed by atoms with Gasteiger partial charge in [-0.2, -0.15) is 0 Å². The van der Waals surface area contributed by atoms with E-state index in [4.69, 9.17) is 4.52 Å². The summed E-state index contributed by atoms with van der Waals surface area (Å²) in [6, 6.07) is 3.86. The monoisotopic (exact) mass is 246 g/mol. The lowest BCUT2D eigenvalue weighted by Crippen LogP contribution is -2.11. The standard InChI is InChI=1S/C11H10N4OS/c1-7-5-9(14-16-7)15(2)11-10-8(3-4-17-10)12-6-13-11/h3-6H,1-2H3. The Morgan fingerprint density at radius 1 is 1.35 bits per heavy atom. The summed E-state index contributed by atoms with van der Waals surface area (Å²) in [6.45, 7) is 1.87. The van der Waals surface area contributed by atoms with Crippen molar-refractivity contribution in [1.82, 2.24) is 15.1 Å². The number of hydrogen-bond acceptors (Lipinski definition) is 6. The van der Waals surface area contributed by atoms with Crippen molar-refractivity contribution >= 4 is 33.2 Å². The molecule has 0 saturated carbocycles. The summed E-state index contributed by atoms with van der Waals surface area (Å²) in [5.74, 6) is 2.37. The molecule has 0 bridgehead atoms. The van der Waals surface area contributed by atoms with Gasteiger partial charge in [-0.1, -0.05) is 5.16 Å². The molecule has 5 nitrogen and oxygen atoms in total. The smallest absolute Gasteiger partial charge is 0.177 e. The summed E-state index contributed by atoms with van der Waals surface area (Å²) >= 11 is 1.62. The topological polar surface area (TPSA) is 55.1 Å². The van der Waals surface area contributed by atoms with Crippen LogP contribution in [0.1, 0.15) is 5.76 Å². The molecule has 0 radical (unpaired) electrons. The molecule has 0 spiro atoms. The van der Waals surface area contributed by atoms with Gasteiger partial charge in [0.25, 0.3) is 0 Å². The number of nitrogens with zero attached hydrogens (tertiary/aromatic N) is 4. The lowest BCUT2D eigenvalue weighted by Gasteiger charge is -2.14. The fourth-order valence-corrected chi connectivity index (χ4v) is 2.50. The molecule has 0 aliphatic rings. The Labute approximate surface area is 102 Å². The van der Waals surface area contributed by atoms with Crippen molar-refractivity contribution in [2.75, 3.05) is 11.9 Å². The number of aryl methyl sites for hydroxylation is 1. The molecule has 0 saturated heterocycles. The van der Waals surface area contributed by atoms with Crippen molar-refractivity contribution in [1.29, 1.82) is 0 Å². The molecule has 3 heterocycles. The zero-order valence-electron chi connectivity index (χ0n) is 9.41. The second kappa shape index (κ2) is 3.81. The van der Waals surface area contributed by atoms with Crippen LogP contribution in [0.3, 0.4) is 0 Å². The van der Waals surface area contributed by atoms with Crippen LogP contribution in [0.25, 0.3) is 10.2 Å². The van der Waals surface area contributed by atoms with Crippen LogP contribution in [0.5, 0.6) is 0 Å². The van der Waals surface area contributed by atoms with Crippen molar-refractivity contribution in [2.45, 2.75) is 6.92 Å². The largest absolute Gasteiger partial charge is 0.360 e. The zero-order valence-corrected chi connectivity index (χ0v) is 10.2. The van der Waals surface area contributed by atoms with Gasteiger partial charge in [-0.3, -0.25) is 0 Å². The first kappa shape index (κ1) is 10.2. The molecule has 3 aromatic rings. The molecule has 0 N–H and O–H groups in total. The van der Waals surface area contributed by atoms with Crippen LogP contribution in [-0.4, -0.2) is 22.2 Å². The van der Waals surface area contributed by atoms with Crippen molar-refractivity contribution < 1.29 is 4.52 Å². The molecule has 6 heteroatoms. The Hall–Kier alpha value is -1.95. The van der Waals surface area contributed by atoms with Gasteiger partial charge in [-0.05, 0) is 18.4 Å². The van der Waals surface area contributed by atoms with E-state index in [-0.39, 0.29) is 0 Å². The maximum absolute atomic E-state index is 5.07. The summed E-state index contributed by atoms with van der Waals surface area (Å²) in [5, 5.41) is 5.98. The molecule has 3 aromatic heterocycles. The van der Waals surface area contributed by atoms with Gasteiger partial charge < -0.3 is 9.42 Å². The summed E-state index contributed by atoms with van der Waals surface area (Å²) in [7, 11) is 1.92. The molecule has 0 amide bonds. The van der Waals surface area contributed by atoms with Crippen LogP contribution in [0.15, 0.2) is 28.4 Å². The Morgan fingerprint density at radius 2 is 2.24 bits per heavy atom. The first-order chi connectivity index (χ1) is 8.25. The molecular weight excluding hydrogens is 236 g/mol. The van der Waals surface area contributed by atoms with Crippen molar-refractivity contribution in [2.24, 2.45) is 0 Å². The third kappa shape index (κ3) is 1.66. The second-order valence-electron chi connectivity index (χ2n) is 3.69. The van der Waals surface area contributed by atoms with Gasteiger partial charge in [0.05, 0.1) is 10.2 Å². The van der Waals surface area contributed by atoms with E-state index in [1.165, 1.54) is 0 Å². The Bertz CT molecular complexity index is 660. The molecule has 17 heavy (non-hydrogen) atoms. The first-order valence-electron chi connectivity index (χ1n) is 5.11. The third-order valence-electron chi connectivity index (χ3n) is 2.50. The fraction of sp³-hybridized carbons (Fsp3) is 0.182. The Morgan fingerprint density at radius 3 is 3.00 bits per heavy atom. The van der Waals surface area contributed by atoms with E-state index in [1.54, 1.807) is 17.7 Å². The van der Waals surface area contributed by atoms with Gasteiger partial charge in [0.1, 0.15) is 12.1 Å². The highest BCUT2D eigenvalue weighted by Gasteiger charge is 2.14. The molecule has 0 aliphatic carbocycles. The van der Waals surface area contributed by atoms with Gasteiger partial charge in [-0.25, -0.2) is 9.97 Å². The van der Waals surface area contributed by atoms with Crippen LogP contribution < -0.4 is 4.90 Å². The minimum Gasteiger partial charge on any atom is -0.360 e. The van der Waals surface area contributed by atoms with Gasteiger partial charge in [0.15, 0.2) is 11.6 Å². The summed E-state index contributed by atoms with van der Waals surface area (Å²) in [5.41, 5.74) is 0.951. The van der Waals surface area contributed by atoms with Crippen molar-refractivity contribution in [3.8, 4) is 0 Å². The maximum Gasteiger partial charge on any atom is 0.177 e. The average molecular weight is 246 g/mol. The number of thiophene rings is 1. The van der Waals surface area contributed by atoms with Crippen molar-refractivity contribution in [3.63, 3.8) is 0 Å². The number of rotatable bonds is 2. The zero-order chi connectivity index (χ0) is 11.8. The van der Waals surface area contributed by atoms with E-state index < -0.39 is 0 Å². The highest BCUT2D eigenvalue weighted by Crippen LogP contribution is 2.30. The van der Waals surface area contributed by atoms with Crippen LogP contribution in [-0.2, 0) is 0 Å². The summed E-state index contributed by atoms with van der Waals surface area (Å²) < 4.78 is 6.12. The quantitative estimate of drug-likeness (QED) is 0.696. The number of fused-ring (bicyclic) bond motifs is 1. The third-order valence-corrected chi connectivity index (χ3v) is 3.40. The van der Waals surface area contributed by atoms with E-state index in [9.17, 15) is 0 Å². The van der Waals surface area contributed by atoms with Crippen molar-refractivity contribution in [3.05, 3.63) is 29.6 Å².